The standard InChI is InChI=1S/C25H23F5N6O/c26-20-10-5-15(13-21(20)27)22(37)36-24(35-19-4-1-3-16(14-19)25(28,29)30)34-18-8-6-17(7-9-18)33-23-31-11-2-12-32-23/h1-5,10-14,17-18H,6-9H2,(H,31,32,33)(H2,34,35,36,37). The fourth-order valence-electron chi connectivity index (χ4n) is 3.91. The molecule has 3 N–H and O–H groups in total. The number of hydrogen-bond acceptors (Lipinski definition) is 5. The number of aliphatic imine (C=N–C) groups is 1. The maximum Gasteiger partial charge on any atom is 0.416 e. The zero-order valence-corrected chi connectivity index (χ0v) is 19.4. The van der Waals surface area contributed by atoms with Gasteiger partial charge in [0.1, 0.15) is 0 Å². The van der Waals surface area contributed by atoms with E-state index in [0.29, 0.717) is 18.8 Å². The van der Waals surface area contributed by atoms with E-state index >= 15 is 0 Å². The normalized spacial score (nSPS) is 18.2. The first-order valence-corrected chi connectivity index (χ1v) is 11.5. The van der Waals surface area contributed by atoms with Gasteiger partial charge in [-0.05, 0) is 68.1 Å². The van der Waals surface area contributed by atoms with Gasteiger partial charge in [-0.1, -0.05) is 6.07 Å². The number of rotatable bonds is 5. The van der Waals surface area contributed by atoms with E-state index in [4.69, 9.17) is 0 Å². The second kappa shape index (κ2) is 11.3. The number of benzene rings is 2. The van der Waals surface area contributed by atoms with Gasteiger partial charge in [0.15, 0.2) is 11.6 Å². The van der Waals surface area contributed by atoms with Crippen LogP contribution in [0.2, 0.25) is 0 Å². The number of halogens is 5. The Morgan fingerprint density at radius 1 is 0.919 bits per heavy atom. The molecular weight excluding hydrogens is 495 g/mol. The van der Waals surface area contributed by atoms with Gasteiger partial charge in [0, 0.05) is 29.7 Å². The van der Waals surface area contributed by atoms with Crippen LogP contribution in [0.1, 0.15) is 41.6 Å². The summed E-state index contributed by atoms with van der Waals surface area (Å²) in [5, 5.41) is 8.46. The minimum atomic E-state index is -4.56. The van der Waals surface area contributed by atoms with Gasteiger partial charge in [-0.15, -0.1) is 0 Å². The molecule has 12 heteroatoms. The van der Waals surface area contributed by atoms with Gasteiger partial charge in [0.25, 0.3) is 5.91 Å². The van der Waals surface area contributed by atoms with Crippen molar-refractivity contribution in [3.05, 3.63) is 83.7 Å². The minimum absolute atomic E-state index is 0.0516. The third-order valence-electron chi connectivity index (χ3n) is 5.77. The molecule has 0 unspecified atom stereocenters. The zero-order valence-electron chi connectivity index (χ0n) is 19.4. The van der Waals surface area contributed by atoms with Crippen LogP contribution in [0.15, 0.2) is 65.9 Å². The van der Waals surface area contributed by atoms with Crippen molar-refractivity contribution >= 4 is 23.5 Å². The summed E-state index contributed by atoms with van der Waals surface area (Å²) < 4.78 is 66.4. The Labute approximate surface area is 209 Å². The van der Waals surface area contributed by atoms with Gasteiger partial charge in [0.05, 0.1) is 11.6 Å². The summed E-state index contributed by atoms with van der Waals surface area (Å²) in [5.74, 6) is -2.70. The van der Waals surface area contributed by atoms with Crippen molar-refractivity contribution in [3.63, 3.8) is 0 Å². The third-order valence-corrected chi connectivity index (χ3v) is 5.77. The molecular formula is C25H23F5N6O. The van der Waals surface area contributed by atoms with E-state index in [1.54, 1.807) is 18.5 Å². The van der Waals surface area contributed by atoms with Gasteiger partial charge in [0.2, 0.25) is 11.9 Å². The molecule has 1 aromatic heterocycles. The van der Waals surface area contributed by atoms with Crippen LogP contribution in [0.5, 0.6) is 0 Å². The van der Waals surface area contributed by atoms with E-state index in [1.165, 1.54) is 12.1 Å². The molecule has 2 aromatic carbocycles. The molecule has 0 atom stereocenters. The highest BCUT2D eigenvalue weighted by molar-refractivity contribution is 6.10. The topological polar surface area (TPSA) is 91.3 Å². The van der Waals surface area contributed by atoms with E-state index in [-0.39, 0.29) is 29.3 Å². The maximum absolute atomic E-state index is 13.6. The summed E-state index contributed by atoms with van der Waals surface area (Å²) in [7, 11) is 0. The van der Waals surface area contributed by atoms with E-state index in [2.05, 4.69) is 30.9 Å². The van der Waals surface area contributed by atoms with Crippen LogP contribution in [0.4, 0.5) is 33.6 Å². The molecule has 1 amide bonds. The minimum Gasteiger partial charge on any atom is -0.351 e. The van der Waals surface area contributed by atoms with Crippen LogP contribution >= 0.6 is 0 Å². The van der Waals surface area contributed by atoms with Crippen molar-refractivity contribution in [2.45, 2.75) is 43.9 Å². The predicted octanol–water partition coefficient (Wildman–Crippen LogP) is 5.39. The van der Waals surface area contributed by atoms with E-state index in [9.17, 15) is 26.7 Å². The van der Waals surface area contributed by atoms with Crippen molar-refractivity contribution in [1.82, 2.24) is 15.3 Å². The fraction of sp³-hybridized carbons (Fsp3) is 0.280. The van der Waals surface area contributed by atoms with Gasteiger partial charge >= 0.3 is 6.18 Å². The molecule has 1 fully saturated rings. The predicted molar refractivity (Wildman–Crippen MR) is 128 cm³/mol. The Morgan fingerprint density at radius 3 is 2.32 bits per heavy atom. The highest BCUT2D eigenvalue weighted by Crippen LogP contribution is 2.31. The van der Waals surface area contributed by atoms with Crippen LogP contribution in [-0.4, -0.2) is 33.9 Å². The van der Waals surface area contributed by atoms with Crippen molar-refractivity contribution in [2.24, 2.45) is 4.99 Å². The van der Waals surface area contributed by atoms with E-state index in [0.717, 1.165) is 43.2 Å². The monoisotopic (exact) mass is 518 g/mol. The molecule has 0 radical (unpaired) electrons. The Kier molecular flexibility index (Phi) is 7.95. The number of carbonyl (C=O) groups is 1. The Morgan fingerprint density at radius 2 is 1.65 bits per heavy atom. The van der Waals surface area contributed by atoms with Crippen LogP contribution in [0.3, 0.4) is 0 Å². The molecule has 1 heterocycles. The molecule has 0 spiro atoms. The van der Waals surface area contributed by atoms with Gasteiger partial charge in [-0.3, -0.25) is 10.1 Å². The molecule has 4 rings (SSSR count). The summed E-state index contributed by atoms with van der Waals surface area (Å²) in [6, 6.07) is 8.66. The van der Waals surface area contributed by atoms with E-state index < -0.39 is 29.3 Å². The van der Waals surface area contributed by atoms with Gasteiger partial charge < -0.3 is 10.6 Å². The second-order valence-electron chi connectivity index (χ2n) is 8.49. The van der Waals surface area contributed by atoms with Crippen molar-refractivity contribution < 1.29 is 26.7 Å². The lowest BCUT2D eigenvalue weighted by Gasteiger charge is -2.27. The number of alkyl halides is 3. The van der Waals surface area contributed by atoms with Gasteiger partial charge in [-0.2, -0.15) is 13.2 Å². The molecule has 0 aliphatic heterocycles. The molecule has 7 nitrogen and oxygen atoms in total. The smallest absolute Gasteiger partial charge is 0.351 e. The first kappa shape index (κ1) is 26.0. The summed E-state index contributed by atoms with van der Waals surface area (Å²) in [6.45, 7) is 0. The van der Waals surface area contributed by atoms with Crippen LogP contribution in [-0.2, 0) is 6.18 Å². The Balaban J connectivity index is 1.50. The molecule has 0 saturated heterocycles. The average Bonchev–Trinajstić information content (AvgIpc) is 2.87. The quantitative estimate of drug-likeness (QED) is 0.239. The number of amides is 1. The first-order valence-electron chi connectivity index (χ1n) is 11.5. The summed E-state index contributed by atoms with van der Waals surface area (Å²) >= 11 is 0. The number of guanidine groups is 1. The number of nitrogens with zero attached hydrogens (tertiary/aromatic N) is 3. The number of aromatic nitrogens is 2. The number of carbonyl (C=O) groups excluding carboxylic acids is 1. The van der Waals surface area contributed by atoms with Gasteiger partial charge in [-0.25, -0.2) is 23.7 Å². The van der Waals surface area contributed by atoms with E-state index in [1.807, 2.05) is 0 Å². The highest BCUT2D eigenvalue weighted by Gasteiger charge is 2.30. The number of anilines is 2. The molecule has 194 valence electrons. The average molecular weight is 518 g/mol. The SMILES string of the molecule is O=C(NC(=NC1CCC(Nc2ncccn2)CC1)Nc1cccc(C(F)(F)F)c1)c1ccc(F)c(F)c1. The third kappa shape index (κ3) is 7.21. The lowest BCUT2D eigenvalue weighted by Crippen LogP contribution is -2.38. The van der Waals surface area contributed by atoms with Crippen molar-refractivity contribution in [1.29, 1.82) is 0 Å². The van der Waals surface area contributed by atoms with Crippen molar-refractivity contribution in [2.75, 3.05) is 10.6 Å². The zero-order chi connectivity index (χ0) is 26.4. The van der Waals surface area contributed by atoms with Crippen LogP contribution in [0, 0.1) is 11.6 Å². The second-order valence-corrected chi connectivity index (χ2v) is 8.49. The molecule has 1 saturated carbocycles. The number of hydrogen-bond donors (Lipinski definition) is 3. The number of nitrogens with one attached hydrogen (secondary N) is 3. The maximum atomic E-state index is 13.6. The van der Waals surface area contributed by atoms with Crippen LogP contribution in [0.25, 0.3) is 0 Å². The molecule has 0 bridgehead atoms. The summed E-state index contributed by atoms with van der Waals surface area (Å²) in [5.41, 5.74) is -0.998. The Bertz CT molecular complexity index is 1260. The lowest BCUT2D eigenvalue weighted by molar-refractivity contribution is -0.137. The molecule has 3 aromatic rings. The Hall–Kier alpha value is -4.09. The largest absolute Gasteiger partial charge is 0.416 e. The lowest BCUT2D eigenvalue weighted by atomic mass is 9.91. The molecule has 37 heavy (non-hydrogen) atoms. The summed E-state index contributed by atoms with van der Waals surface area (Å²) in [4.78, 5) is 25.5. The highest BCUT2D eigenvalue weighted by atomic mass is 19.4. The summed E-state index contributed by atoms with van der Waals surface area (Å²) in [6.07, 6.45) is 1.40. The fourth-order valence-corrected chi connectivity index (χ4v) is 3.91. The molecule has 1 aliphatic rings. The van der Waals surface area contributed by atoms with Crippen LogP contribution < -0.4 is 16.0 Å². The molecule has 1 aliphatic carbocycles. The first-order chi connectivity index (χ1) is 17.7. The van der Waals surface area contributed by atoms with Crippen molar-refractivity contribution in [3.8, 4) is 0 Å².